The molecule has 1 aromatic carbocycles. The van der Waals surface area contributed by atoms with E-state index in [-0.39, 0.29) is 11.7 Å². The Morgan fingerprint density at radius 2 is 1.55 bits per heavy atom. The highest BCUT2D eigenvalue weighted by Crippen LogP contribution is 2.31. The lowest BCUT2D eigenvalue weighted by molar-refractivity contribution is -0.159. The van der Waals surface area contributed by atoms with Gasteiger partial charge >= 0.3 is 11.9 Å². The smallest absolute Gasteiger partial charge is 0.414 e. The maximum absolute atomic E-state index is 12.7. The SMILES string of the molecule is CCS(=O)(=O)N1CCN(C(=O)c2cccc(OC)c2OC)CC1.O=C(O)C(=O)O. The lowest BCUT2D eigenvalue weighted by atomic mass is 10.1. The number of carboxylic acids is 2. The Hall–Kier alpha value is -2.86. The van der Waals surface area contributed by atoms with Crippen LogP contribution in [0.15, 0.2) is 18.2 Å². The van der Waals surface area contributed by atoms with Crippen molar-refractivity contribution >= 4 is 27.9 Å². The zero-order valence-corrected chi connectivity index (χ0v) is 17.1. The summed E-state index contributed by atoms with van der Waals surface area (Å²) in [7, 11) is -0.207. The van der Waals surface area contributed by atoms with Crippen LogP contribution in [0.1, 0.15) is 17.3 Å². The van der Waals surface area contributed by atoms with E-state index in [0.717, 1.165) is 0 Å². The Balaban J connectivity index is 0.000000612. The molecule has 0 saturated carbocycles. The average Bonchev–Trinajstić information content (AvgIpc) is 2.72. The van der Waals surface area contributed by atoms with Crippen molar-refractivity contribution in [1.29, 1.82) is 0 Å². The summed E-state index contributed by atoms with van der Waals surface area (Å²) in [6.45, 7) is 2.97. The van der Waals surface area contributed by atoms with Gasteiger partial charge < -0.3 is 24.6 Å². The number of rotatable bonds is 5. The van der Waals surface area contributed by atoms with E-state index in [1.165, 1.54) is 18.5 Å². The summed E-state index contributed by atoms with van der Waals surface area (Å²) in [6, 6.07) is 5.13. The number of sulfonamides is 1. The van der Waals surface area contributed by atoms with E-state index < -0.39 is 22.0 Å². The van der Waals surface area contributed by atoms with Gasteiger partial charge in [0.25, 0.3) is 5.91 Å². The van der Waals surface area contributed by atoms with Crippen LogP contribution in [0.25, 0.3) is 0 Å². The van der Waals surface area contributed by atoms with E-state index >= 15 is 0 Å². The summed E-state index contributed by atoms with van der Waals surface area (Å²) in [5.74, 6) is -2.88. The molecule has 1 aromatic rings. The molecule has 2 rings (SSSR count). The topological polar surface area (TPSA) is 151 Å². The predicted octanol–water partition coefficient (Wildman–Crippen LogP) is -0.0331. The van der Waals surface area contributed by atoms with E-state index in [4.69, 9.17) is 29.3 Å². The molecule has 1 heterocycles. The van der Waals surface area contributed by atoms with Crippen LogP contribution in [0.5, 0.6) is 11.5 Å². The van der Waals surface area contributed by atoms with Gasteiger partial charge in [-0.05, 0) is 19.1 Å². The Labute approximate surface area is 168 Å². The van der Waals surface area contributed by atoms with Gasteiger partial charge in [0.2, 0.25) is 10.0 Å². The number of carboxylic acid groups (broad SMARTS) is 2. The summed E-state index contributed by atoms with van der Waals surface area (Å²) in [4.78, 5) is 32.5. The Kier molecular flexibility index (Phi) is 8.85. The third-order valence-corrected chi connectivity index (χ3v) is 5.98. The summed E-state index contributed by atoms with van der Waals surface area (Å²) in [5.41, 5.74) is 0.415. The standard InChI is InChI=1S/C15H22N2O5S.C2H2O4/c1-4-23(19,20)17-10-8-16(9-11-17)15(18)12-6-5-7-13(21-2)14(12)22-3;3-1(4)2(5)6/h5-7H,4,8-11H2,1-3H3;(H,3,4)(H,5,6). The molecule has 0 spiro atoms. The van der Waals surface area contributed by atoms with Gasteiger partial charge in [0.1, 0.15) is 0 Å². The molecule has 0 radical (unpaired) electrons. The molecule has 162 valence electrons. The minimum atomic E-state index is -3.21. The van der Waals surface area contributed by atoms with E-state index in [1.807, 2.05) is 0 Å². The van der Waals surface area contributed by atoms with Gasteiger partial charge in [-0.3, -0.25) is 4.79 Å². The Bertz CT molecular complexity index is 834. The van der Waals surface area contributed by atoms with Crippen LogP contribution < -0.4 is 9.47 Å². The van der Waals surface area contributed by atoms with Crippen molar-refractivity contribution in [3.63, 3.8) is 0 Å². The maximum atomic E-state index is 12.7. The second-order valence-corrected chi connectivity index (χ2v) is 8.00. The molecule has 0 aliphatic carbocycles. The molecule has 1 fully saturated rings. The number of piperazine rings is 1. The van der Waals surface area contributed by atoms with Crippen molar-refractivity contribution in [1.82, 2.24) is 9.21 Å². The zero-order valence-electron chi connectivity index (χ0n) is 16.3. The normalized spacial score (nSPS) is 14.4. The van der Waals surface area contributed by atoms with Gasteiger partial charge in [-0.15, -0.1) is 0 Å². The van der Waals surface area contributed by atoms with Gasteiger partial charge in [-0.25, -0.2) is 18.0 Å². The number of hydrogen-bond acceptors (Lipinski definition) is 7. The van der Waals surface area contributed by atoms with Crippen molar-refractivity contribution < 1.29 is 42.5 Å². The first-order chi connectivity index (χ1) is 13.6. The lowest BCUT2D eigenvalue weighted by Gasteiger charge is -2.34. The summed E-state index contributed by atoms with van der Waals surface area (Å²) in [6.07, 6.45) is 0. The third-order valence-electron chi connectivity index (χ3n) is 4.10. The fourth-order valence-corrected chi connectivity index (χ4v) is 3.66. The third kappa shape index (κ3) is 6.32. The first-order valence-electron chi connectivity index (χ1n) is 8.53. The molecule has 1 amide bonds. The molecule has 0 atom stereocenters. The summed E-state index contributed by atoms with van der Waals surface area (Å²) >= 11 is 0. The predicted molar refractivity (Wildman–Crippen MR) is 102 cm³/mol. The molecule has 29 heavy (non-hydrogen) atoms. The van der Waals surface area contributed by atoms with Crippen LogP contribution in [0.4, 0.5) is 0 Å². The van der Waals surface area contributed by atoms with Crippen molar-refractivity contribution in [3.8, 4) is 11.5 Å². The molecule has 1 saturated heterocycles. The lowest BCUT2D eigenvalue weighted by Crippen LogP contribution is -2.50. The van der Waals surface area contributed by atoms with Crippen LogP contribution in [0.2, 0.25) is 0 Å². The van der Waals surface area contributed by atoms with Crippen LogP contribution >= 0.6 is 0 Å². The van der Waals surface area contributed by atoms with Crippen molar-refractivity contribution in [3.05, 3.63) is 23.8 Å². The molecule has 0 bridgehead atoms. The molecular weight excluding hydrogens is 408 g/mol. The first kappa shape index (κ1) is 24.2. The number of hydrogen-bond donors (Lipinski definition) is 2. The van der Waals surface area contributed by atoms with Crippen LogP contribution in [-0.2, 0) is 19.6 Å². The largest absolute Gasteiger partial charge is 0.493 e. The maximum Gasteiger partial charge on any atom is 0.414 e. The van der Waals surface area contributed by atoms with Gasteiger partial charge in [0, 0.05) is 26.2 Å². The number of carbonyl (C=O) groups is 3. The molecular formula is C17H24N2O9S. The van der Waals surface area contributed by atoms with Gasteiger partial charge in [-0.1, -0.05) is 6.07 Å². The molecule has 0 unspecified atom stereocenters. The first-order valence-corrected chi connectivity index (χ1v) is 10.1. The number of benzene rings is 1. The van der Waals surface area contributed by atoms with Crippen LogP contribution in [0, 0.1) is 0 Å². The van der Waals surface area contributed by atoms with E-state index in [0.29, 0.717) is 43.2 Å². The number of amides is 1. The molecule has 12 heteroatoms. The number of nitrogens with zero attached hydrogens (tertiary/aromatic N) is 2. The zero-order chi connectivity index (χ0) is 22.2. The monoisotopic (exact) mass is 432 g/mol. The quantitative estimate of drug-likeness (QED) is 0.611. The second kappa shape index (κ2) is 10.6. The fraction of sp³-hybridized carbons (Fsp3) is 0.471. The number of ether oxygens (including phenoxy) is 2. The molecule has 11 nitrogen and oxygen atoms in total. The highest BCUT2D eigenvalue weighted by Gasteiger charge is 2.29. The summed E-state index contributed by atoms with van der Waals surface area (Å²) in [5, 5.41) is 14.8. The number of aliphatic carboxylic acids is 2. The number of methoxy groups -OCH3 is 2. The van der Waals surface area contributed by atoms with E-state index in [9.17, 15) is 13.2 Å². The average molecular weight is 432 g/mol. The Morgan fingerprint density at radius 3 is 1.97 bits per heavy atom. The number of para-hydroxylation sites is 1. The fourth-order valence-electron chi connectivity index (χ4n) is 2.58. The highest BCUT2D eigenvalue weighted by molar-refractivity contribution is 7.89. The van der Waals surface area contributed by atoms with Gasteiger partial charge in [0.05, 0.1) is 25.5 Å². The molecule has 1 aliphatic rings. The van der Waals surface area contributed by atoms with Crippen LogP contribution in [0.3, 0.4) is 0 Å². The molecule has 2 N–H and O–H groups in total. The van der Waals surface area contributed by atoms with E-state index in [2.05, 4.69) is 0 Å². The van der Waals surface area contributed by atoms with E-state index in [1.54, 1.807) is 30.0 Å². The van der Waals surface area contributed by atoms with Crippen molar-refractivity contribution in [2.75, 3.05) is 46.2 Å². The highest BCUT2D eigenvalue weighted by atomic mass is 32.2. The minimum Gasteiger partial charge on any atom is -0.493 e. The van der Waals surface area contributed by atoms with Gasteiger partial charge in [-0.2, -0.15) is 4.31 Å². The van der Waals surface area contributed by atoms with Crippen LogP contribution in [-0.4, -0.2) is 91.8 Å². The summed E-state index contributed by atoms with van der Waals surface area (Å²) < 4.78 is 35.7. The van der Waals surface area contributed by atoms with Crippen molar-refractivity contribution in [2.24, 2.45) is 0 Å². The number of carbonyl (C=O) groups excluding carboxylic acids is 1. The van der Waals surface area contributed by atoms with Gasteiger partial charge in [0.15, 0.2) is 11.5 Å². The van der Waals surface area contributed by atoms with Crippen molar-refractivity contribution in [2.45, 2.75) is 6.92 Å². The molecule has 1 aliphatic heterocycles. The Morgan fingerprint density at radius 1 is 1.00 bits per heavy atom. The minimum absolute atomic E-state index is 0.0741. The second-order valence-electron chi connectivity index (χ2n) is 5.74. The molecule has 0 aromatic heterocycles.